The zero-order valence-electron chi connectivity index (χ0n) is 12.0. The number of hydrogen-bond donors (Lipinski definition) is 2. The SMILES string of the molecule is O=C(O)NCCCCN1CCc2sc3ccccc3c2C1. The Morgan fingerprint density at radius 3 is 3.05 bits per heavy atom. The number of fused-ring (bicyclic) bond motifs is 3. The van der Waals surface area contributed by atoms with Crippen molar-refractivity contribution in [3.05, 3.63) is 34.7 Å². The number of nitrogens with zero attached hydrogens (tertiary/aromatic N) is 1. The predicted octanol–water partition coefficient (Wildman–Crippen LogP) is 3.31. The van der Waals surface area contributed by atoms with Gasteiger partial charge in [-0.15, -0.1) is 11.3 Å². The monoisotopic (exact) mass is 304 g/mol. The molecule has 4 nitrogen and oxygen atoms in total. The van der Waals surface area contributed by atoms with E-state index >= 15 is 0 Å². The Balaban J connectivity index is 1.56. The third-order valence-corrected chi connectivity index (χ3v) is 5.27. The highest BCUT2D eigenvalue weighted by molar-refractivity contribution is 7.19. The van der Waals surface area contributed by atoms with E-state index in [2.05, 4.69) is 34.5 Å². The summed E-state index contributed by atoms with van der Waals surface area (Å²) in [4.78, 5) is 14.4. The summed E-state index contributed by atoms with van der Waals surface area (Å²) in [6.07, 6.45) is 2.15. The van der Waals surface area contributed by atoms with Gasteiger partial charge < -0.3 is 10.4 Å². The van der Waals surface area contributed by atoms with Gasteiger partial charge in [0.2, 0.25) is 0 Å². The van der Waals surface area contributed by atoms with Gasteiger partial charge in [0.15, 0.2) is 0 Å². The van der Waals surface area contributed by atoms with Crippen molar-refractivity contribution in [3.63, 3.8) is 0 Å². The average Bonchev–Trinajstić information content (AvgIpc) is 2.84. The first kappa shape index (κ1) is 14.4. The molecule has 1 aliphatic rings. The van der Waals surface area contributed by atoms with Crippen molar-refractivity contribution in [2.24, 2.45) is 0 Å². The van der Waals surface area contributed by atoms with Gasteiger partial charge in [-0.05, 0) is 42.8 Å². The molecule has 1 aromatic heterocycles. The summed E-state index contributed by atoms with van der Waals surface area (Å²) in [5, 5.41) is 12.4. The molecule has 2 aromatic rings. The zero-order chi connectivity index (χ0) is 14.7. The Hall–Kier alpha value is -1.59. The smallest absolute Gasteiger partial charge is 0.404 e. The molecule has 0 aliphatic carbocycles. The highest BCUT2D eigenvalue weighted by atomic mass is 32.1. The second kappa shape index (κ2) is 6.45. The summed E-state index contributed by atoms with van der Waals surface area (Å²) in [6, 6.07) is 8.66. The van der Waals surface area contributed by atoms with Crippen molar-refractivity contribution in [1.82, 2.24) is 10.2 Å². The number of rotatable bonds is 5. The lowest BCUT2D eigenvalue weighted by Gasteiger charge is -2.27. The van der Waals surface area contributed by atoms with Gasteiger partial charge >= 0.3 is 6.09 Å². The number of carbonyl (C=O) groups is 1. The van der Waals surface area contributed by atoms with Crippen LogP contribution in [0.15, 0.2) is 24.3 Å². The summed E-state index contributed by atoms with van der Waals surface area (Å²) < 4.78 is 1.40. The molecule has 0 radical (unpaired) electrons. The fourth-order valence-corrected chi connectivity index (χ4v) is 4.14. The molecule has 0 saturated heterocycles. The summed E-state index contributed by atoms with van der Waals surface area (Å²) in [5.74, 6) is 0. The van der Waals surface area contributed by atoms with Crippen LogP contribution in [0.25, 0.3) is 10.1 Å². The van der Waals surface area contributed by atoms with E-state index in [4.69, 9.17) is 5.11 Å². The first-order valence-corrected chi connectivity index (χ1v) is 8.24. The van der Waals surface area contributed by atoms with Gasteiger partial charge in [-0.25, -0.2) is 4.79 Å². The summed E-state index contributed by atoms with van der Waals surface area (Å²) in [5.41, 5.74) is 1.51. The van der Waals surface area contributed by atoms with E-state index in [1.54, 1.807) is 4.88 Å². The number of hydrogen-bond acceptors (Lipinski definition) is 3. The van der Waals surface area contributed by atoms with Crippen LogP contribution in [0.1, 0.15) is 23.3 Å². The average molecular weight is 304 g/mol. The Morgan fingerprint density at radius 2 is 2.19 bits per heavy atom. The molecule has 2 heterocycles. The van der Waals surface area contributed by atoms with Gasteiger partial charge in [-0.2, -0.15) is 0 Å². The van der Waals surface area contributed by atoms with Crippen LogP contribution in [0.3, 0.4) is 0 Å². The van der Waals surface area contributed by atoms with Crippen molar-refractivity contribution >= 4 is 27.5 Å². The van der Waals surface area contributed by atoms with Gasteiger partial charge in [-0.1, -0.05) is 18.2 Å². The lowest BCUT2D eigenvalue weighted by Crippen LogP contribution is -2.31. The summed E-state index contributed by atoms with van der Waals surface area (Å²) in [6.45, 7) is 3.75. The molecule has 0 saturated carbocycles. The maximum atomic E-state index is 10.4. The van der Waals surface area contributed by atoms with E-state index in [9.17, 15) is 4.79 Å². The number of unbranched alkanes of at least 4 members (excludes halogenated alkanes) is 1. The third kappa shape index (κ3) is 3.36. The first-order chi connectivity index (χ1) is 10.2. The minimum atomic E-state index is -0.928. The molecule has 5 heteroatoms. The molecule has 3 rings (SSSR count). The lowest BCUT2D eigenvalue weighted by molar-refractivity contribution is 0.193. The van der Waals surface area contributed by atoms with Crippen molar-refractivity contribution < 1.29 is 9.90 Å². The van der Waals surface area contributed by atoms with Crippen LogP contribution in [-0.2, 0) is 13.0 Å². The third-order valence-electron chi connectivity index (χ3n) is 4.00. The van der Waals surface area contributed by atoms with Crippen molar-refractivity contribution in [2.75, 3.05) is 19.6 Å². The number of amides is 1. The van der Waals surface area contributed by atoms with E-state index in [1.807, 2.05) is 11.3 Å². The Kier molecular flexibility index (Phi) is 4.41. The van der Waals surface area contributed by atoms with E-state index in [0.717, 1.165) is 38.9 Å². The van der Waals surface area contributed by atoms with E-state index in [-0.39, 0.29) is 0 Å². The van der Waals surface area contributed by atoms with Crippen molar-refractivity contribution in [2.45, 2.75) is 25.8 Å². The largest absolute Gasteiger partial charge is 0.465 e. The fourth-order valence-electron chi connectivity index (χ4n) is 2.93. The molecule has 0 spiro atoms. The first-order valence-electron chi connectivity index (χ1n) is 7.42. The minimum Gasteiger partial charge on any atom is -0.465 e. The quantitative estimate of drug-likeness (QED) is 0.833. The number of carboxylic acid groups (broad SMARTS) is 1. The van der Waals surface area contributed by atoms with Crippen molar-refractivity contribution in [1.29, 1.82) is 0 Å². The molecule has 2 N–H and O–H groups in total. The maximum absolute atomic E-state index is 10.4. The molecule has 0 unspecified atom stereocenters. The fraction of sp³-hybridized carbons (Fsp3) is 0.438. The van der Waals surface area contributed by atoms with E-state index in [0.29, 0.717) is 6.54 Å². The van der Waals surface area contributed by atoms with E-state index in [1.165, 1.54) is 15.6 Å². The van der Waals surface area contributed by atoms with Crippen LogP contribution in [0.4, 0.5) is 4.79 Å². The van der Waals surface area contributed by atoms with Crippen LogP contribution in [0.5, 0.6) is 0 Å². The highest BCUT2D eigenvalue weighted by Crippen LogP contribution is 2.34. The van der Waals surface area contributed by atoms with Crippen LogP contribution in [0, 0.1) is 0 Å². The molecule has 1 aromatic carbocycles. The van der Waals surface area contributed by atoms with Crippen LogP contribution < -0.4 is 5.32 Å². The topological polar surface area (TPSA) is 52.6 Å². The molecule has 21 heavy (non-hydrogen) atoms. The second-order valence-corrected chi connectivity index (χ2v) is 6.60. The van der Waals surface area contributed by atoms with Crippen molar-refractivity contribution in [3.8, 4) is 0 Å². The molecule has 0 bridgehead atoms. The normalized spacial score (nSPS) is 15.0. The molecule has 112 valence electrons. The van der Waals surface area contributed by atoms with Gasteiger partial charge in [0.05, 0.1) is 0 Å². The Bertz CT molecular complexity index is 638. The molecule has 1 aliphatic heterocycles. The Morgan fingerprint density at radius 1 is 1.33 bits per heavy atom. The molecular weight excluding hydrogens is 284 g/mol. The van der Waals surface area contributed by atoms with E-state index < -0.39 is 6.09 Å². The van der Waals surface area contributed by atoms with Gasteiger partial charge in [0.1, 0.15) is 0 Å². The molecule has 0 atom stereocenters. The van der Waals surface area contributed by atoms with Gasteiger partial charge in [-0.3, -0.25) is 4.90 Å². The number of thiophene rings is 1. The number of benzene rings is 1. The Labute approximate surface area is 128 Å². The molecule has 1 amide bonds. The lowest BCUT2D eigenvalue weighted by atomic mass is 10.0. The summed E-state index contributed by atoms with van der Waals surface area (Å²) >= 11 is 1.94. The minimum absolute atomic E-state index is 0.551. The predicted molar refractivity (Wildman–Crippen MR) is 86.1 cm³/mol. The maximum Gasteiger partial charge on any atom is 0.404 e. The molecular formula is C16H20N2O2S. The van der Waals surface area contributed by atoms with Crippen LogP contribution in [-0.4, -0.2) is 35.7 Å². The summed E-state index contributed by atoms with van der Waals surface area (Å²) in [7, 11) is 0. The second-order valence-electron chi connectivity index (χ2n) is 5.47. The number of nitrogens with one attached hydrogen (secondary N) is 1. The van der Waals surface area contributed by atoms with Crippen LogP contribution in [0.2, 0.25) is 0 Å². The van der Waals surface area contributed by atoms with Crippen LogP contribution >= 0.6 is 11.3 Å². The molecule has 0 fully saturated rings. The standard InChI is InChI=1S/C16H20N2O2S/c19-16(20)17-8-3-4-9-18-10-7-15-13(11-18)12-5-1-2-6-14(12)21-15/h1-2,5-6,17H,3-4,7-11H2,(H,19,20). The van der Waals surface area contributed by atoms with Gasteiger partial charge in [0.25, 0.3) is 0 Å². The zero-order valence-corrected chi connectivity index (χ0v) is 12.8. The highest BCUT2D eigenvalue weighted by Gasteiger charge is 2.20. The van der Waals surface area contributed by atoms with Gasteiger partial charge in [0, 0.05) is 29.2 Å².